The molecule has 0 aromatic heterocycles. The van der Waals surface area contributed by atoms with E-state index in [1.807, 2.05) is 17.0 Å². The van der Waals surface area contributed by atoms with E-state index in [0.717, 1.165) is 37.4 Å². The third-order valence-electron chi connectivity index (χ3n) is 6.70. The highest BCUT2D eigenvalue weighted by atomic mass is 35.5. The van der Waals surface area contributed by atoms with Gasteiger partial charge in [0.15, 0.2) is 23.1 Å². The number of carbonyl (C=O) groups is 1. The van der Waals surface area contributed by atoms with Crippen molar-refractivity contribution < 1.29 is 27.8 Å². The molecule has 1 saturated heterocycles. The Morgan fingerprint density at radius 3 is 2.70 bits per heavy atom. The van der Waals surface area contributed by atoms with E-state index < -0.39 is 11.6 Å². The van der Waals surface area contributed by atoms with Gasteiger partial charge >= 0.3 is 0 Å². The minimum atomic E-state index is -0.727. The van der Waals surface area contributed by atoms with E-state index in [9.17, 15) is 13.6 Å². The van der Waals surface area contributed by atoms with Crippen molar-refractivity contribution in [3.05, 3.63) is 52.0 Å². The second kappa shape index (κ2) is 12.3. The fourth-order valence-electron chi connectivity index (χ4n) is 5.02. The van der Waals surface area contributed by atoms with E-state index in [1.54, 1.807) is 0 Å². The number of nitrogens with zero attached hydrogens (tertiary/aromatic N) is 2. The van der Waals surface area contributed by atoms with Gasteiger partial charge < -0.3 is 19.1 Å². The number of likely N-dealkylation sites (tertiary alicyclic amines) is 1. The van der Waals surface area contributed by atoms with Crippen molar-refractivity contribution in [1.29, 1.82) is 0 Å². The smallest absolute Gasteiger partial charge is 0.227 e. The molecule has 0 N–H and O–H groups in total. The molecular weight excluding hydrogens is 502 g/mol. The number of fused-ring (bicyclic) bond motifs is 1. The van der Waals surface area contributed by atoms with Crippen molar-refractivity contribution in [2.75, 3.05) is 40.0 Å². The molecule has 2 aliphatic rings. The third-order valence-corrected chi connectivity index (χ3v) is 6.98. The summed E-state index contributed by atoms with van der Waals surface area (Å²) < 4.78 is 44.9. The van der Waals surface area contributed by atoms with Crippen LogP contribution in [0.3, 0.4) is 0 Å². The first-order valence-corrected chi connectivity index (χ1v) is 13.2. The lowest BCUT2D eigenvalue weighted by Gasteiger charge is -2.36. The van der Waals surface area contributed by atoms with Gasteiger partial charge in [-0.25, -0.2) is 8.78 Å². The molecule has 0 aliphatic carbocycles. The molecule has 2 aliphatic heterocycles. The summed E-state index contributed by atoms with van der Waals surface area (Å²) in [6.07, 6.45) is 2.37. The van der Waals surface area contributed by atoms with E-state index in [-0.39, 0.29) is 30.0 Å². The van der Waals surface area contributed by atoms with Crippen LogP contribution in [0.15, 0.2) is 24.3 Å². The summed E-state index contributed by atoms with van der Waals surface area (Å²) in [6, 6.07) is 6.00. The summed E-state index contributed by atoms with van der Waals surface area (Å²) in [5, 5.41) is 0.479. The number of benzene rings is 2. The van der Waals surface area contributed by atoms with Crippen molar-refractivity contribution in [2.24, 2.45) is 11.8 Å². The van der Waals surface area contributed by atoms with Crippen molar-refractivity contribution in [2.45, 2.75) is 46.2 Å². The Morgan fingerprint density at radius 2 is 1.95 bits per heavy atom. The summed E-state index contributed by atoms with van der Waals surface area (Å²) in [4.78, 5) is 17.7. The number of rotatable bonds is 8. The Balaban J connectivity index is 1.48. The van der Waals surface area contributed by atoms with Crippen molar-refractivity contribution >= 4 is 17.5 Å². The first kappa shape index (κ1) is 27.5. The van der Waals surface area contributed by atoms with Gasteiger partial charge in [0.2, 0.25) is 5.91 Å². The largest absolute Gasteiger partial charge is 0.494 e. The Labute approximate surface area is 222 Å². The van der Waals surface area contributed by atoms with Crippen LogP contribution in [0.4, 0.5) is 8.78 Å². The summed E-state index contributed by atoms with van der Waals surface area (Å²) in [5.41, 5.74) is 1.24. The monoisotopic (exact) mass is 536 g/mol. The van der Waals surface area contributed by atoms with Gasteiger partial charge in [-0.2, -0.15) is 0 Å². The lowest BCUT2D eigenvalue weighted by Crippen LogP contribution is -2.45. The number of amides is 1. The minimum absolute atomic E-state index is 0.0120. The van der Waals surface area contributed by atoms with Gasteiger partial charge in [0.1, 0.15) is 5.82 Å². The van der Waals surface area contributed by atoms with Gasteiger partial charge in [0, 0.05) is 44.2 Å². The SMILES string of the molecule is COc1cc(CN2CCCC(C(=O)N(Cc3cc(Cl)c4c(c3)OCCCO4)CC(C)C)C2)c(F)cc1F. The molecule has 2 aromatic rings. The van der Waals surface area contributed by atoms with Crippen LogP contribution < -0.4 is 14.2 Å². The maximum Gasteiger partial charge on any atom is 0.227 e. The van der Waals surface area contributed by atoms with Crippen LogP contribution in [-0.4, -0.2) is 55.7 Å². The minimum Gasteiger partial charge on any atom is -0.494 e. The molecule has 202 valence electrons. The molecule has 2 heterocycles. The molecule has 1 amide bonds. The molecule has 0 radical (unpaired) electrons. The topological polar surface area (TPSA) is 51.2 Å². The second-order valence-corrected chi connectivity index (χ2v) is 10.6. The maximum absolute atomic E-state index is 14.4. The molecule has 9 heteroatoms. The van der Waals surface area contributed by atoms with Gasteiger partial charge in [-0.3, -0.25) is 9.69 Å². The quantitative estimate of drug-likeness (QED) is 0.434. The van der Waals surface area contributed by atoms with Crippen LogP contribution in [0.2, 0.25) is 5.02 Å². The fraction of sp³-hybridized carbons (Fsp3) is 0.536. The number of hydrogen-bond acceptors (Lipinski definition) is 5. The predicted octanol–water partition coefficient (Wildman–Crippen LogP) is 5.68. The Kier molecular flexibility index (Phi) is 9.13. The lowest BCUT2D eigenvalue weighted by atomic mass is 9.95. The van der Waals surface area contributed by atoms with Gasteiger partial charge in [-0.15, -0.1) is 0 Å². The summed E-state index contributed by atoms with van der Waals surface area (Å²) in [6.45, 7) is 7.82. The van der Waals surface area contributed by atoms with E-state index >= 15 is 0 Å². The zero-order chi connectivity index (χ0) is 26.5. The van der Waals surface area contributed by atoms with Crippen LogP contribution in [0.1, 0.15) is 44.2 Å². The Hall–Kier alpha value is -2.58. The van der Waals surface area contributed by atoms with E-state index in [1.165, 1.54) is 13.2 Å². The van der Waals surface area contributed by atoms with Crippen LogP contribution >= 0.6 is 11.6 Å². The standard InChI is InChI=1S/C28H35ClF2N2O4/c1-18(2)14-33(15-19-10-22(29)27-26(11-19)36-8-5-9-37-27)28(34)20-6-4-7-32(16-20)17-21-12-25(35-3)24(31)13-23(21)30/h10-13,18,20H,4-9,14-17H2,1-3H3. The molecule has 4 rings (SSSR count). The molecule has 0 bridgehead atoms. The highest BCUT2D eigenvalue weighted by Gasteiger charge is 2.31. The lowest BCUT2D eigenvalue weighted by molar-refractivity contribution is -0.138. The number of hydrogen-bond donors (Lipinski definition) is 0. The zero-order valence-electron chi connectivity index (χ0n) is 21.7. The van der Waals surface area contributed by atoms with E-state index in [0.29, 0.717) is 54.9 Å². The van der Waals surface area contributed by atoms with E-state index in [4.69, 9.17) is 25.8 Å². The highest BCUT2D eigenvalue weighted by Crippen LogP contribution is 2.38. The Morgan fingerprint density at radius 1 is 1.16 bits per heavy atom. The van der Waals surface area contributed by atoms with Crippen LogP contribution in [-0.2, 0) is 17.9 Å². The molecule has 1 fully saturated rings. The maximum atomic E-state index is 14.4. The third kappa shape index (κ3) is 6.85. The van der Waals surface area contributed by atoms with Crippen LogP contribution in [0.5, 0.6) is 17.2 Å². The number of methoxy groups -OCH3 is 1. The average Bonchev–Trinajstić information content (AvgIpc) is 3.11. The number of carbonyl (C=O) groups excluding carboxylic acids is 1. The first-order valence-electron chi connectivity index (χ1n) is 12.9. The van der Waals surface area contributed by atoms with Crippen LogP contribution in [0, 0.1) is 23.5 Å². The van der Waals surface area contributed by atoms with Crippen molar-refractivity contribution in [3.8, 4) is 17.2 Å². The molecule has 1 unspecified atom stereocenters. The average molecular weight is 537 g/mol. The molecule has 6 nitrogen and oxygen atoms in total. The number of halogens is 3. The normalized spacial score (nSPS) is 18.0. The van der Waals surface area contributed by atoms with Crippen LogP contribution in [0.25, 0.3) is 0 Å². The van der Waals surface area contributed by atoms with Crippen molar-refractivity contribution in [1.82, 2.24) is 9.80 Å². The molecule has 1 atom stereocenters. The highest BCUT2D eigenvalue weighted by molar-refractivity contribution is 6.32. The summed E-state index contributed by atoms with van der Waals surface area (Å²) in [5.74, 6) is -0.0327. The summed E-state index contributed by atoms with van der Waals surface area (Å²) >= 11 is 6.50. The Bertz CT molecular complexity index is 1110. The molecular formula is C28H35ClF2N2O4. The summed E-state index contributed by atoms with van der Waals surface area (Å²) in [7, 11) is 1.36. The molecule has 2 aromatic carbocycles. The second-order valence-electron chi connectivity index (χ2n) is 10.2. The number of ether oxygens (including phenoxy) is 3. The van der Waals surface area contributed by atoms with Crippen molar-refractivity contribution in [3.63, 3.8) is 0 Å². The first-order chi connectivity index (χ1) is 17.7. The van der Waals surface area contributed by atoms with Gasteiger partial charge in [-0.1, -0.05) is 25.4 Å². The predicted molar refractivity (Wildman–Crippen MR) is 138 cm³/mol. The molecule has 0 saturated carbocycles. The zero-order valence-corrected chi connectivity index (χ0v) is 22.5. The number of piperidine rings is 1. The molecule has 37 heavy (non-hydrogen) atoms. The van der Waals surface area contributed by atoms with Gasteiger partial charge in [0.05, 0.1) is 31.3 Å². The fourth-order valence-corrected chi connectivity index (χ4v) is 5.31. The van der Waals surface area contributed by atoms with E-state index in [2.05, 4.69) is 18.7 Å². The van der Waals surface area contributed by atoms with Gasteiger partial charge in [-0.05, 0) is 49.1 Å². The van der Waals surface area contributed by atoms with Gasteiger partial charge in [0.25, 0.3) is 0 Å². The molecule has 0 spiro atoms.